The molecule has 1 fully saturated rings. The molecule has 6 heteroatoms. The van der Waals surface area contributed by atoms with E-state index in [0.29, 0.717) is 12.3 Å². The van der Waals surface area contributed by atoms with E-state index in [1.165, 1.54) is 0 Å². The lowest BCUT2D eigenvalue weighted by Gasteiger charge is -2.38. The zero-order valence-electron chi connectivity index (χ0n) is 16.6. The molecule has 2 unspecified atom stereocenters. The van der Waals surface area contributed by atoms with E-state index < -0.39 is 0 Å². The third-order valence-electron chi connectivity index (χ3n) is 5.57. The minimum atomic E-state index is 0.0733. The van der Waals surface area contributed by atoms with Crippen LogP contribution in [0.5, 0.6) is 0 Å². The lowest BCUT2D eigenvalue weighted by atomic mass is 9.87. The Balaban J connectivity index is 1.86. The number of allylic oxidation sites excluding steroid dienone is 6. The highest BCUT2D eigenvalue weighted by atomic mass is 16.1. The number of piperidine rings is 1. The second-order valence-corrected chi connectivity index (χ2v) is 7.78. The second-order valence-electron chi connectivity index (χ2n) is 7.78. The molecule has 1 aliphatic heterocycles. The molecule has 6 nitrogen and oxygen atoms in total. The molecule has 152 valence electrons. The van der Waals surface area contributed by atoms with Crippen LogP contribution >= 0.6 is 0 Å². The van der Waals surface area contributed by atoms with Gasteiger partial charge in [0.2, 0.25) is 0 Å². The Hall–Kier alpha value is -3.15. The third-order valence-corrected chi connectivity index (χ3v) is 5.57. The smallest absolute Gasteiger partial charge is 0.122 e. The molecule has 0 radical (unpaired) electrons. The van der Waals surface area contributed by atoms with Crippen LogP contribution in [0.4, 0.5) is 0 Å². The van der Waals surface area contributed by atoms with Crippen LogP contribution in [0.1, 0.15) is 32.1 Å². The molecule has 0 bridgehead atoms. The van der Waals surface area contributed by atoms with E-state index in [1.807, 2.05) is 36.5 Å². The quantitative estimate of drug-likeness (QED) is 0.316. The number of nitrogens with zero attached hydrogens (tertiary/aromatic N) is 1. The van der Waals surface area contributed by atoms with Crippen molar-refractivity contribution in [2.45, 2.75) is 38.1 Å². The molecule has 0 aromatic rings. The van der Waals surface area contributed by atoms with Gasteiger partial charge in [-0.25, -0.2) is 0 Å². The van der Waals surface area contributed by atoms with Gasteiger partial charge in [-0.15, -0.1) is 0 Å². The molecule has 2 atom stereocenters. The van der Waals surface area contributed by atoms with Gasteiger partial charge in [0.15, 0.2) is 0 Å². The Morgan fingerprint density at radius 1 is 1.07 bits per heavy atom. The van der Waals surface area contributed by atoms with E-state index in [1.54, 1.807) is 0 Å². The van der Waals surface area contributed by atoms with Gasteiger partial charge >= 0.3 is 0 Å². The van der Waals surface area contributed by atoms with Gasteiger partial charge in [-0.05, 0) is 54.9 Å². The fourth-order valence-electron chi connectivity index (χ4n) is 4.03. The van der Waals surface area contributed by atoms with Gasteiger partial charge in [-0.2, -0.15) is 0 Å². The summed E-state index contributed by atoms with van der Waals surface area (Å²) in [6.07, 6.45) is 21.3. The predicted molar refractivity (Wildman–Crippen MR) is 118 cm³/mol. The Kier molecular flexibility index (Phi) is 6.65. The molecular weight excluding hydrogens is 362 g/mol. The van der Waals surface area contributed by atoms with Crippen molar-refractivity contribution in [1.29, 1.82) is 10.8 Å². The van der Waals surface area contributed by atoms with Crippen molar-refractivity contribution in [2.24, 2.45) is 17.4 Å². The predicted octanol–water partition coefficient (Wildman–Crippen LogP) is 3.11. The maximum Gasteiger partial charge on any atom is 0.122 e. The summed E-state index contributed by atoms with van der Waals surface area (Å²) in [7, 11) is 0. The Morgan fingerprint density at radius 3 is 2.31 bits per heavy atom. The Labute approximate surface area is 172 Å². The average molecular weight is 392 g/mol. The summed E-state index contributed by atoms with van der Waals surface area (Å²) >= 11 is 0. The normalized spacial score (nSPS) is 27.0. The Bertz CT molecular complexity index is 872. The minimum absolute atomic E-state index is 0.0733. The van der Waals surface area contributed by atoms with Crippen molar-refractivity contribution >= 4 is 18.0 Å². The van der Waals surface area contributed by atoms with Crippen molar-refractivity contribution in [3.05, 3.63) is 71.0 Å². The first kappa shape index (κ1) is 20.6. The highest BCUT2D eigenvalue weighted by molar-refractivity contribution is 5.98. The fraction of sp³-hybridized carbons (Fsp3) is 0.348. The van der Waals surface area contributed by atoms with Crippen LogP contribution in [0.25, 0.3) is 0 Å². The number of hydrogen-bond donors (Lipinski definition) is 4. The molecule has 3 rings (SSSR count). The number of carbonyl (C=O) groups is 1. The summed E-state index contributed by atoms with van der Waals surface area (Å²) in [5.74, 6) is 0.532. The maximum absolute atomic E-state index is 11.0. The van der Waals surface area contributed by atoms with Crippen LogP contribution in [0.15, 0.2) is 71.0 Å². The van der Waals surface area contributed by atoms with Crippen LogP contribution in [-0.4, -0.2) is 35.4 Å². The molecule has 1 heterocycles. The van der Waals surface area contributed by atoms with Crippen molar-refractivity contribution < 1.29 is 4.79 Å². The van der Waals surface area contributed by atoms with E-state index in [4.69, 9.17) is 22.3 Å². The number of likely N-dealkylation sites (tertiary alicyclic amines) is 1. The number of hydrogen-bond acceptors (Lipinski definition) is 4. The van der Waals surface area contributed by atoms with Crippen molar-refractivity contribution in [3.8, 4) is 0 Å². The van der Waals surface area contributed by atoms with Gasteiger partial charge in [0, 0.05) is 36.4 Å². The van der Waals surface area contributed by atoms with Gasteiger partial charge in [0.1, 0.15) is 18.0 Å². The van der Waals surface area contributed by atoms with Crippen LogP contribution < -0.4 is 11.5 Å². The molecule has 0 aromatic heterocycles. The second kappa shape index (κ2) is 9.37. The summed E-state index contributed by atoms with van der Waals surface area (Å²) in [4.78, 5) is 13.4. The molecule has 3 aliphatic rings. The largest absolute Gasteiger partial charge is 0.384 e. The topological polar surface area (TPSA) is 120 Å². The highest BCUT2D eigenvalue weighted by Crippen LogP contribution is 2.30. The standard InChI is InChI=1S/C23H29N5O/c24-22(25)19-5-1-3-17(11-19)14-21-13-16(8-10-29)7-9-28(21)15-18-4-2-6-20(12-18)23(26)27/h1-2,5-6,10-12,14-16,21H,3-4,7-9,13H2,(H3,24,25)(H3,26,27). The SMILES string of the molecule is N=C(N)C1=CC(=CC2CC(CC=O)CCN2C=C2C=C(C(=N)N)C=CC2)CC=C1. The van der Waals surface area contributed by atoms with Gasteiger partial charge in [-0.3, -0.25) is 10.8 Å². The van der Waals surface area contributed by atoms with Crippen molar-refractivity contribution in [3.63, 3.8) is 0 Å². The molecule has 6 N–H and O–H groups in total. The number of nitrogens with one attached hydrogen (secondary N) is 2. The molecule has 2 aliphatic carbocycles. The monoisotopic (exact) mass is 391 g/mol. The van der Waals surface area contributed by atoms with Crippen molar-refractivity contribution in [2.75, 3.05) is 6.54 Å². The first-order valence-electron chi connectivity index (χ1n) is 10.0. The van der Waals surface area contributed by atoms with E-state index >= 15 is 0 Å². The number of amidine groups is 2. The first-order chi connectivity index (χ1) is 14.0. The van der Waals surface area contributed by atoms with Gasteiger partial charge in [-0.1, -0.05) is 30.4 Å². The minimum Gasteiger partial charge on any atom is -0.384 e. The zero-order chi connectivity index (χ0) is 20.8. The van der Waals surface area contributed by atoms with Gasteiger partial charge in [0.25, 0.3) is 0 Å². The Morgan fingerprint density at radius 2 is 1.69 bits per heavy atom. The lowest BCUT2D eigenvalue weighted by molar-refractivity contribution is -0.108. The van der Waals surface area contributed by atoms with Crippen LogP contribution in [0, 0.1) is 16.7 Å². The summed E-state index contributed by atoms with van der Waals surface area (Å²) in [6.45, 7) is 0.878. The molecule has 1 saturated heterocycles. The first-order valence-corrected chi connectivity index (χ1v) is 10.0. The van der Waals surface area contributed by atoms with E-state index in [2.05, 4.69) is 17.2 Å². The van der Waals surface area contributed by atoms with E-state index in [-0.39, 0.29) is 17.7 Å². The molecule has 0 saturated carbocycles. The summed E-state index contributed by atoms with van der Waals surface area (Å²) in [5.41, 5.74) is 15.0. The van der Waals surface area contributed by atoms with Crippen molar-refractivity contribution in [1.82, 2.24) is 4.90 Å². The summed E-state index contributed by atoms with van der Waals surface area (Å²) in [6, 6.07) is 0.173. The highest BCUT2D eigenvalue weighted by Gasteiger charge is 2.26. The number of nitrogens with two attached hydrogens (primary N) is 2. The molecule has 29 heavy (non-hydrogen) atoms. The molecule has 0 amide bonds. The number of carbonyl (C=O) groups excluding carboxylic acids is 1. The fourth-order valence-corrected chi connectivity index (χ4v) is 4.03. The van der Waals surface area contributed by atoms with Crippen LogP contribution in [0.2, 0.25) is 0 Å². The average Bonchev–Trinajstić information content (AvgIpc) is 2.70. The zero-order valence-corrected chi connectivity index (χ0v) is 16.6. The molecule has 0 aromatic carbocycles. The summed E-state index contributed by atoms with van der Waals surface area (Å²) in [5, 5.41) is 15.3. The number of rotatable bonds is 6. The van der Waals surface area contributed by atoms with Gasteiger partial charge < -0.3 is 21.2 Å². The van der Waals surface area contributed by atoms with E-state index in [9.17, 15) is 4.79 Å². The van der Waals surface area contributed by atoms with E-state index in [0.717, 1.165) is 60.8 Å². The molecule has 0 spiro atoms. The third kappa shape index (κ3) is 5.44. The van der Waals surface area contributed by atoms with Crippen LogP contribution in [0.3, 0.4) is 0 Å². The van der Waals surface area contributed by atoms with Crippen LogP contribution in [-0.2, 0) is 4.79 Å². The molecular formula is C23H29N5O. The number of aldehydes is 1. The lowest BCUT2D eigenvalue weighted by Crippen LogP contribution is -2.38. The maximum atomic E-state index is 11.0. The summed E-state index contributed by atoms with van der Waals surface area (Å²) < 4.78 is 0. The van der Waals surface area contributed by atoms with Gasteiger partial charge in [0.05, 0.1) is 0 Å².